The molecule has 0 N–H and O–H groups in total. The van der Waals surface area contributed by atoms with Crippen LogP contribution in [0.5, 0.6) is 11.5 Å². The molecule has 1 amide bonds. The van der Waals surface area contributed by atoms with E-state index in [4.69, 9.17) is 19.2 Å². The van der Waals surface area contributed by atoms with Crippen LogP contribution in [-0.4, -0.2) is 83.6 Å². The van der Waals surface area contributed by atoms with Crippen molar-refractivity contribution in [3.8, 4) is 11.5 Å². The highest BCUT2D eigenvalue weighted by Gasteiger charge is 2.22. The maximum Gasteiger partial charge on any atom is 0.228 e. The van der Waals surface area contributed by atoms with Crippen molar-refractivity contribution in [2.45, 2.75) is 24.2 Å². The van der Waals surface area contributed by atoms with Crippen LogP contribution in [0.2, 0.25) is 0 Å². The second-order valence-corrected chi connectivity index (χ2v) is 11.9. The van der Waals surface area contributed by atoms with Gasteiger partial charge >= 0.3 is 0 Å². The van der Waals surface area contributed by atoms with Gasteiger partial charge in [0.25, 0.3) is 0 Å². The lowest BCUT2D eigenvalue weighted by atomic mass is 10.2. The summed E-state index contributed by atoms with van der Waals surface area (Å²) in [5.74, 6) is 1.07. The predicted molar refractivity (Wildman–Crippen MR) is 145 cm³/mol. The molecule has 200 valence electrons. The van der Waals surface area contributed by atoms with Crippen LogP contribution >= 0.6 is 11.3 Å². The van der Waals surface area contributed by atoms with Gasteiger partial charge in [-0.2, -0.15) is 0 Å². The van der Waals surface area contributed by atoms with Gasteiger partial charge in [0, 0.05) is 38.7 Å². The van der Waals surface area contributed by atoms with Gasteiger partial charge in [0.2, 0.25) is 5.91 Å². The lowest BCUT2D eigenvalue weighted by Gasteiger charge is -2.27. The zero-order valence-electron chi connectivity index (χ0n) is 21.2. The summed E-state index contributed by atoms with van der Waals surface area (Å²) in [6, 6.07) is 12.0. The normalized spacial score (nSPS) is 14.5. The molecule has 0 aliphatic carbocycles. The molecular formula is C26H33N3O6S2. The van der Waals surface area contributed by atoms with Crippen molar-refractivity contribution >= 4 is 42.4 Å². The number of ether oxygens (including phenoxy) is 3. The SMILES string of the molecule is COc1ccc(S(=O)(=O)CCCC(=O)N(CCCN2CCOCC2)c2nc3cc(OC)ccc3s2)cc1. The standard InChI is InChI=1S/C26H33N3O6S2/c1-33-20-6-9-22(10-7-20)37(31,32)18-3-5-25(30)29(13-4-12-28-14-16-35-17-15-28)26-27-23-19-21(34-2)8-11-24(23)36-26/h6-11,19H,3-5,12-18H2,1-2H3. The van der Waals surface area contributed by atoms with Gasteiger partial charge in [-0.25, -0.2) is 13.4 Å². The fraction of sp³-hybridized carbons (Fsp3) is 0.462. The highest BCUT2D eigenvalue weighted by Crippen LogP contribution is 2.32. The number of fused-ring (bicyclic) bond motifs is 1. The number of anilines is 1. The summed E-state index contributed by atoms with van der Waals surface area (Å²) in [6.45, 7) is 4.60. The number of amides is 1. The minimum absolute atomic E-state index is 0.107. The molecule has 2 aromatic carbocycles. The molecule has 0 radical (unpaired) electrons. The number of carbonyl (C=O) groups is 1. The lowest BCUT2D eigenvalue weighted by molar-refractivity contribution is -0.118. The zero-order chi connectivity index (χ0) is 26.3. The first kappa shape index (κ1) is 27.3. The molecule has 0 unspecified atom stereocenters. The topological polar surface area (TPSA) is 98.3 Å². The van der Waals surface area contributed by atoms with Crippen molar-refractivity contribution in [3.63, 3.8) is 0 Å². The van der Waals surface area contributed by atoms with Gasteiger partial charge < -0.3 is 14.2 Å². The number of carbonyl (C=O) groups excluding carboxylic acids is 1. The number of methoxy groups -OCH3 is 2. The first-order valence-electron chi connectivity index (χ1n) is 12.3. The van der Waals surface area contributed by atoms with Crippen LogP contribution in [0.25, 0.3) is 10.2 Å². The van der Waals surface area contributed by atoms with Gasteiger partial charge in [0.05, 0.1) is 48.3 Å². The Bertz CT molecular complexity index is 1290. The first-order valence-corrected chi connectivity index (χ1v) is 14.8. The van der Waals surface area contributed by atoms with Gasteiger partial charge in [0.1, 0.15) is 11.5 Å². The molecule has 3 aromatic rings. The van der Waals surface area contributed by atoms with Crippen LogP contribution in [0.15, 0.2) is 47.4 Å². The van der Waals surface area contributed by atoms with Crippen LogP contribution in [0.3, 0.4) is 0 Å². The summed E-state index contributed by atoms with van der Waals surface area (Å²) in [7, 11) is -0.364. The molecule has 1 aliphatic rings. The van der Waals surface area contributed by atoms with Crippen LogP contribution in [0.1, 0.15) is 19.3 Å². The summed E-state index contributed by atoms with van der Waals surface area (Å²) < 4.78 is 42.3. The van der Waals surface area contributed by atoms with Crippen molar-refractivity contribution in [1.82, 2.24) is 9.88 Å². The van der Waals surface area contributed by atoms with Crippen LogP contribution < -0.4 is 14.4 Å². The van der Waals surface area contributed by atoms with Gasteiger partial charge in [-0.1, -0.05) is 11.3 Å². The number of benzene rings is 2. The number of sulfone groups is 1. The predicted octanol–water partition coefficient (Wildman–Crippen LogP) is 3.62. The molecule has 1 aliphatic heterocycles. The molecule has 1 aromatic heterocycles. The minimum atomic E-state index is -3.50. The average Bonchev–Trinajstić information content (AvgIpc) is 3.34. The van der Waals surface area contributed by atoms with E-state index in [0.717, 1.165) is 49.5 Å². The minimum Gasteiger partial charge on any atom is -0.497 e. The molecular weight excluding hydrogens is 514 g/mol. The second-order valence-electron chi connectivity index (χ2n) is 8.78. The van der Waals surface area contributed by atoms with Crippen molar-refractivity contribution in [2.75, 3.05) is 64.3 Å². The summed E-state index contributed by atoms with van der Waals surface area (Å²) in [6.07, 6.45) is 1.13. The van der Waals surface area contributed by atoms with Crippen molar-refractivity contribution < 1.29 is 27.4 Å². The molecule has 0 atom stereocenters. The molecule has 1 saturated heterocycles. The molecule has 0 bridgehead atoms. The summed E-state index contributed by atoms with van der Waals surface area (Å²) >= 11 is 1.45. The number of hydrogen-bond donors (Lipinski definition) is 0. The van der Waals surface area contributed by atoms with Gasteiger partial charge in [-0.3, -0.25) is 14.6 Å². The third-order valence-electron chi connectivity index (χ3n) is 6.30. The van der Waals surface area contributed by atoms with E-state index < -0.39 is 9.84 Å². The Morgan fingerprint density at radius 3 is 2.46 bits per heavy atom. The van der Waals surface area contributed by atoms with E-state index in [1.54, 1.807) is 24.1 Å². The van der Waals surface area contributed by atoms with Crippen LogP contribution in [0, 0.1) is 0 Å². The fourth-order valence-electron chi connectivity index (χ4n) is 4.19. The fourth-order valence-corrected chi connectivity index (χ4v) is 6.49. The summed E-state index contributed by atoms with van der Waals surface area (Å²) in [5, 5.41) is 0.619. The van der Waals surface area contributed by atoms with Crippen LogP contribution in [0.4, 0.5) is 5.13 Å². The van der Waals surface area contributed by atoms with Gasteiger partial charge in [0.15, 0.2) is 15.0 Å². The van der Waals surface area contributed by atoms with E-state index in [0.29, 0.717) is 23.2 Å². The molecule has 9 nitrogen and oxygen atoms in total. The van der Waals surface area contributed by atoms with Crippen molar-refractivity contribution in [1.29, 1.82) is 0 Å². The Hall–Kier alpha value is -2.73. The number of aromatic nitrogens is 1. The van der Waals surface area contributed by atoms with E-state index in [2.05, 4.69) is 4.90 Å². The highest BCUT2D eigenvalue weighted by molar-refractivity contribution is 7.91. The Morgan fingerprint density at radius 2 is 1.76 bits per heavy atom. The zero-order valence-corrected chi connectivity index (χ0v) is 22.9. The molecule has 37 heavy (non-hydrogen) atoms. The smallest absolute Gasteiger partial charge is 0.228 e. The number of thiazole rings is 1. The monoisotopic (exact) mass is 547 g/mol. The number of rotatable bonds is 12. The van der Waals surface area contributed by atoms with Gasteiger partial charge in [-0.05, 0) is 49.2 Å². The molecule has 0 spiro atoms. The average molecular weight is 548 g/mol. The van der Waals surface area contributed by atoms with Gasteiger partial charge in [-0.15, -0.1) is 0 Å². The van der Waals surface area contributed by atoms with E-state index in [1.165, 1.54) is 30.6 Å². The maximum atomic E-state index is 13.4. The number of morpholine rings is 1. The maximum absolute atomic E-state index is 13.4. The lowest BCUT2D eigenvalue weighted by Crippen LogP contribution is -2.39. The molecule has 11 heteroatoms. The highest BCUT2D eigenvalue weighted by atomic mass is 32.2. The van der Waals surface area contributed by atoms with E-state index >= 15 is 0 Å². The second kappa shape index (κ2) is 12.7. The Morgan fingerprint density at radius 1 is 1.05 bits per heavy atom. The van der Waals surface area contributed by atoms with Crippen LogP contribution in [-0.2, 0) is 19.4 Å². The largest absolute Gasteiger partial charge is 0.497 e. The first-order chi connectivity index (χ1) is 17.9. The molecule has 4 rings (SSSR count). The van der Waals surface area contributed by atoms with E-state index in [1.807, 2.05) is 18.2 Å². The molecule has 0 saturated carbocycles. The van der Waals surface area contributed by atoms with E-state index in [9.17, 15) is 13.2 Å². The van der Waals surface area contributed by atoms with Crippen molar-refractivity contribution in [2.24, 2.45) is 0 Å². The number of nitrogens with zero attached hydrogens (tertiary/aromatic N) is 3. The Labute approximate surface area is 221 Å². The third kappa shape index (κ3) is 7.19. The third-order valence-corrected chi connectivity index (χ3v) is 9.17. The Kier molecular flexibility index (Phi) is 9.36. The van der Waals surface area contributed by atoms with Crippen molar-refractivity contribution in [3.05, 3.63) is 42.5 Å². The summed E-state index contributed by atoms with van der Waals surface area (Å²) in [5.41, 5.74) is 0.771. The Balaban J connectivity index is 1.43. The quantitative estimate of drug-likeness (QED) is 0.339. The van der Waals surface area contributed by atoms with E-state index in [-0.39, 0.29) is 29.4 Å². The molecule has 2 heterocycles. The number of hydrogen-bond acceptors (Lipinski definition) is 9. The molecule has 1 fully saturated rings. The summed E-state index contributed by atoms with van der Waals surface area (Å²) in [4.78, 5) is 22.3.